The van der Waals surface area contributed by atoms with Gasteiger partial charge < -0.3 is 9.80 Å². The van der Waals surface area contributed by atoms with Gasteiger partial charge in [-0.15, -0.1) is 0 Å². The van der Waals surface area contributed by atoms with Crippen LogP contribution in [0.15, 0.2) is 243 Å². The second kappa shape index (κ2) is 16.1. The molecule has 0 radical (unpaired) electrons. The van der Waals surface area contributed by atoms with E-state index >= 15 is 0 Å². The molecule has 0 fully saturated rings. The second-order valence-electron chi connectivity index (χ2n) is 20.9. The third-order valence-electron chi connectivity index (χ3n) is 16.2. The van der Waals surface area contributed by atoms with Gasteiger partial charge in [0.2, 0.25) is 0 Å². The number of fused-ring (bicyclic) bond motifs is 8. The maximum absolute atomic E-state index is 2.54. The lowest BCUT2D eigenvalue weighted by molar-refractivity contribution is 1.29. The van der Waals surface area contributed by atoms with Crippen LogP contribution in [0.25, 0.3) is 76.5 Å². The minimum atomic E-state index is -2.01. The van der Waals surface area contributed by atoms with Gasteiger partial charge in [0.15, 0.2) is 0 Å². The summed E-state index contributed by atoms with van der Waals surface area (Å²) in [5, 5.41) is 15.7. The Morgan fingerprint density at radius 3 is 1.25 bits per heavy atom. The van der Waals surface area contributed by atoms with E-state index in [4.69, 9.17) is 0 Å². The van der Waals surface area contributed by atoms with Crippen molar-refractivity contribution in [3.8, 4) is 33.4 Å². The summed E-state index contributed by atoms with van der Waals surface area (Å²) >= 11 is 0. The van der Waals surface area contributed by atoms with E-state index in [0.29, 0.717) is 0 Å². The molecule has 12 aromatic carbocycles. The Morgan fingerprint density at radius 2 is 0.694 bits per heavy atom. The van der Waals surface area contributed by atoms with Crippen LogP contribution < -0.4 is 30.5 Å². The Labute approximate surface area is 423 Å². The lowest BCUT2D eigenvalue weighted by atomic mass is 9.83. The van der Waals surface area contributed by atoms with Crippen LogP contribution in [0.2, 0.25) is 26.2 Å². The highest BCUT2D eigenvalue weighted by molar-refractivity contribution is 7.03. The molecule has 0 unspecified atom stereocenters. The molecule has 2 aliphatic heterocycles. The lowest BCUT2D eigenvalue weighted by Crippen LogP contribution is -2.58. The van der Waals surface area contributed by atoms with Crippen LogP contribution >= 0.6 is 0 Å². The molecule has 4 heteroatoms. The van der Waals surface area contributed by atoms with Crippen molar-refractivity contribution in [2.24, 2.45) is 0 Å². The molecule has 72 heavy (non-hydrogen) atoms. The minimum absolute atomic E-state index is 1.16. The molecule has 12 aromatic rings. The zero-order valence-electron chi connectivity index (χ0n) is 41.0. The molecule has 0 N–H and O–H groups in total. The molecule has 2 aliphatic rings. The van der Waals surface area contributed by atoms with Crippen LogP contribution in [0, 0.1) is 0 Å². The number of anilines is 6. The number of rotatable bonds is 5. The van der Waals surface area contributed by atoms with Crippen LogP contribution in [0.5, 0.6) is 0 Å². The van der Waals surface area contributed by atoms with Gasteiger partial charge in [0.1, 0.15) is 16.1 Å². The van der Waals surface area contributed by atoms with Crippen molar-refractivity contribution >= 4 is 114 Å². The molecule has 0 saturated carbocycles. The quantitative estimate of drug-likeness (QED) is 0.125. The number of benzene rings is 12. The smallest absolute Gasteiger partial charge is 0.117 e. The van der Waals surface area contributed by atoms with E-state index in [1.54, 1.807) is 0 Å². The zero-order chi connectivity index (χ0) is 48.3. The van der Waals surface area contributed by atoms with E-state index < -0.39 is 16.1 Å². The van der Waals surface area contributed by atoms with Crippen LogP contribution in [0.4, 0.5) is 34.1 Å². The van der Waals surface area contributed by atoms with Gasteiger partial charge in [0, 0.05) is 34.1 Å². The molecular weight excluding hydrogens is 901 g/mol. The number of para-hydroxylation sites is 4. The van der Waals surface area contributed by atoms with Crippen molar-refractivity contribution in [1.29, 1.82) is 0 Å². The summed E-state index contributed by atoms with van der Waals surface area (Å²) in [6.07, 6.45) is 0. The number of nitrogens with zero attached hydrogens (tertiary/aromatic N) is 2. The first-order chi connectivity index (χ1) is 35.2. The van der Waals surface area contributed by atoms with Gasteiger partial charge in [-0.05, 0) is 158 Å². The molecule has 0 aromatic heterocycles. The highest BCUT2D eigenvalue weighted by atomic mass is 28.3. The van der Waals surface area contributed by atoms with E-state index in [-0.39, 0.29) is 0 Å². The van der Waals surface area contributed by atoms with E-state index in [1.165, 1.54) is 120 Å². The Kier molecular flexibility index (Phi) is 9.54. The lowest BCUT2D eigenvalue weighted by Gasteiger charge is -2.41. The van der Waals surface area contributed by atoms with Gasteiger partial charge in [-0.25, -0.2) is 0 Å². The van der Waals surface area contributed by atoms with Gasteiger partial charge in [-0.1, -0.05) is 208 Å². The van der Waals surface area contributed by atoms with Gasteiger partial charge >= 0.3 is 0 Å². The molecule has 0 saturated heterocycles. The molecular formula is C68H52N2Si2. The van der Waals surface area contributed by atoms with Crippen molar-refractivity contribution in [2.45, 2.75) is 26.2 Å². The fourth-order valence-electron chi connectivity index (χ4n) is 12.6. The number of hydrogen-bond donors (Lipinski definition) is 0. The van der Waals surface area contributed by atoms with Crippen molar-refractivity contribution in [3.63, 3.8) is 0 Å². The maximum Gasteiger partial charge on any atom is 0.117 e. The Balaban J connectivity index is 1.10. The third kappa shape index (κ3) is 6.39. The fraction of sp³-hybridized carbons (Fsp3) is 0.0588. The van der Waals surface area contributed by atoms with E-state index in [1.807, 2.05) is 0 Å². The molecule has 0 spiro atoms. The molecule has 0 amide bonds. The van der Waals surface area contributed by atoms with Crippen LogP contribution in [0.1, 0.15) is 0 Å². The summed E-state index contributed by atoms with van der Waals surface area (Å²) in [6.45, 7) is 10.0. The Hall–Kier alpha value is -8.29. The second-order valence-corrected chi connectivity index (χ2v) is 29.5. The highest BCUT2D eigenvalue weighted by Gasteiger charge is 2.40. The average molecular weight is 953 g/mol. The van der Waals surface area contributed by atoms with Gasteiger partial charge in [-0.3, -0.25) is 0 Å². The third-order valence-corrected chi connectivity index (χ3v) is 23.2. The summed E-state index contributed by atoms with van der Waals surface area (Å²) in [5.41, 5.74) is 14.8. The molecule has 0 aliphatic carbocycles. The fourth-order valence-corrected chi connectivity index (χ4v) is 18.6. The summed E-state index contributed by atoms with van der Waals surface area (Å²) in [6, 6.07) is 91.8. The first-order valence-corrected chi connectivity index (χ1v) is 31.3. The van der Waals surface area contributed by atoms with Crippen molar-refractivity contribution in [2.75, 3.05) is 9.80 Å². The monoisotopic (exact) mass is 952 g/mol. The molecule has 342 valence electrons. The van der Waals surface area contributed by atoms with Crippen molar-refractivity contribution in [3.05, 3.63) is 243 Å². The van der Waals surface area contributed by atoms with Gasteiger partial charge in [0.05, 0.1) is 0 Å². The van der Waals surface area contributed by atoms with Gasteiger partial charge in [0.25, 0.3) is 0 Å². The molecule has 0 bridgehead atoms. The average Bonchev–Trinajstić information content (AvgIpc) is 3.42. The van der Waals surface area contributed by atoms with Crippen molar-refractivity contribution in [1.82, 2.24) is 0 Å². The zero-order valence-corrected chi connectivity index (χ0v) is 43.0. The van der Waals surface area contributed by atoms with Crippen LogP contribution in [0.3, 0.4) is 0 Å². The summed E-state index contributed by atoms with van der Waals surface area (Å²) < 4.78 is 0. The molecule has 2 heterocycles. The highest BCUT2D eigenvalue weighted by Crippen LogP contribution is 2.50. The van der Waals surface area contributed by atoms with Crippen LogP contribution in [-0.2, 0) is 0 Å². The number of hydrogen-bond acceptors (Lipinski definition) is 2. The first-order valence-electron chi connectivity index (χ1n) is 25.3. The largest absolute Gasteiger partial charge is 0.311 e. The summed E-state index contributed by atoms with van der Waals surface area (Å²) in [7, 11) is -4.01. The predicted octanol–water partition coefficient (Wildman–Crippen LogP) is 16.5. The SMILES string of the molecule is C[Si]1(C)c2ccccc2N(c2ccc3c(-c4cccc5ccccc45)c4cc(N5c6ccccc6[Si](C)(C)c6ccccc65)ccc4c(-c4ccc5cc(-c6ccccc6)ccc5c4)c3c2)c2ccccc21. The van der Waals surface area contributed by atoms with E-state index in [0.717, 1.165) is 11.4 Å². The maximum atomic E-state index is 2.54. The molecule has 0 atom stereocenters. The Bertz CT molecular complexity index is 4090. The predicted molar refractivity (Wildman–Crippen MR) is 316 cm³/mol. The van der Waals surface area contributed by atoms with Crippen LogP contribution in [-0.4, -0.2) is 16.1 Å². The van der Waals surface area contributed by atoms with Crippen molar-refractivity contribution < 1.29 is 0 Å². The summed E-state index contributed by atoms with van der Waals surface area (Å²) in [5.74, 6) is 0. The van der Waals surface area contributed by atoms with E-state index in [2.05, 4.69) is 279 Å². The molecule has 2 nitrogen and oxygen atoms in total. The Morgan fingerprint density at radius 1 is 0.264 bits per heavy atom. The standard InChI is InChI=1S/C68H52N2Si2/c1-71(2)63-29-14-10-25-59(63)69(60-26-11-15-30-64(60)71)51-38-40-56-57(43-51)67(50-36-35-48-41-47(33-34-49(48)42-50)45-19-6-5-7-20-45)55-39-37-52(44-58(55)68(56)54-24-18-22-46-21-8-9-23-53(46)54)70-61-27-12-16-31-65(61)72(3,4)66-32-17-13-28-62(66)70/h5-44H,1-4H3. The summed E-state index contributed by atoms with van der Waals surface area (Å²) in [4.78, 5) is 5.08. The topological polar surface area (TPSA) is 6.48 Å². The van der Waals surface area contributed by atoms with Gasteiger partial charge in [-0.2, -0.15) is 0 Å². The normalized spacial score (nSPS) is 14.3. The molecule has 14 rings (SSSR count). The first kappa shape index (κ1) is 42.6. The minimum Gasteiger partial charge on any atom is -0.311 e. The van der Waals surface area contributed by atoms with E-state index in [9.17, 15) is 0 Å².